The molecular formula is C20H38NO10P. The first-order chi connectivity index (χ1) is 14.2. The molecule has 0 aromatic rings. The van der Waals surface area contributed by atoms with Gasteiger partial charge in [-0.2, -0.15) is 0 Å². The van der Waals surface area contributed by atoms with Crippen molar-refractivity contribution in [3.05, 3.63) is 0 Å². The van der Waals surface area contributed by atoms with Crippen molar-refractivity contribution in [3.8, 4) is 0 Å². The molecule has 0 spiro atoms. The standard InChI is InChI=1S/C20H38NO10P/c1-18(2,3)29-16(24)12-14(10-11-15(22)23)21-17(25)27-13-28-32(26,30-19(4,5)6)31-20(7,8)9/h14H,10-13H2,1-9H3,(H,21,25)(H,22,23). The third-order valence-corrected chi connectivity index (χ3v) is 5.00. The maximum atomic E-state index is 12.9. The molecule has 0 rings (SSSR count). The number of alkyl carbamates (subject to hydrolysis) is 1. The van der Waals surface area contributed by atoms with E-state index in [2.05, 4.69) is 5.32 Å². The summed E-state index contributed by atoms with van der Waals surface area (Å²) in [6.07, 6.45) is -1.55. The van der Waals surface area contributed by atoms with Gasteiger partial charge in [0.25, 0.3) is 0 Å². The lowest BCUT2D eigenvalue weighted by Crippen LogP contribution is -2.39. The van der Waals surface area contributed by atoms with Crippen LogP contribution in [0.15, 0.2) is 0 Å². The minimum Gasteiger partial charge on any atom is -0.481 e. The molecule has 0 saturated heterocycles. The maximum absolute atomic E-state index is 12.9. The fourth-order valence-electron chi connectivity index (χ4n) is 2.20. The summed E-state index contributed by atoms with van der Waals surface area (Å²) in [4.78, 5) is 35.1. The number of hydrogen-bond acceptors (Lipinski definition) is 9. The molecule has 32 heavy (non-hydrogen) atoms. The van der Waals surface area contributed by atoms with Crippen LogP contribution in [0.3, 0.4) is 0 Å². The van der Waals surface area contributed by atoms with Crippen molar-refractivity contribution < 1.29 is 47.1 Å². The zero-order chi connectivity index (χ0) is 25.4. The highest BCUT2D eigenvalue weighted by Gasteiger charge is 2.37. The van der Waals surface area contributed by atoms with Crippen LogP contribution >= 0.6 is 7.82 Å². The van der Waals surface area contributed by atoms with E-state index < -0.39 is 55.5 Å². The number of phosphoric ester groups is 1. The number of esters is 1. The van der Waals surface area contributed by atoms with Crippen LogP contribution in [0, 0.1) is 0 Å². The average molecular weight is 483 g/mol. The number of nitrogens with one attached hydrogen (secondary N) is 1. The highest BCUT2D eigenvalue weighted by atomic mass is 31.2. The van der Waals surface area contributed by atoms with Gasteiger partial charge in [-0.05, 0) is 68.7 Å². The van der Waals surface area contributed by atoms with E-state index in [-0.39, 0.29) is 19.3 Å². The zero-order valence-corrected chi connectivity index (χ0v) is 21.4. The number of ether oxygens (including phenoxy) is 2. The number of carboxylic acid groups (broad SMARTS) is 1. The van der Waals surface area contributed by atoms with Crippen molar-refractivity contribution in [1.29, 1.82) is 0 Å². The second-order valence-corrected chi connectivity index (χ2v) is 11.6. The first-order valence-electron chi connectivity index (χ1n) is 10.2. The first kappa shape index (κ1) is 30.3. The van der Waals surface area contributed by atoms with Gasteiger partial charge in [-0.3, -0.25) is 18.6 Å². The van der Waals surface area contributed by atoms with Crippen LogP contribution in [0.1, 0.15) is 81.6 Å². The van der Waals surface area contributed by atoms with Crippen molar-refractivity contribution in [2.75, 3.05) is 6.79 Å². The summed E-state index contributed by atoms with van der Waals surface area (Å²) in [6.45, 7) is 14.3. The molecule has 1 amide bonds. The Bertz CT molecular complexity index is 668. The molecule has 2 N–H and O–H groups in total. The molecule has 1 atom stereocenters. The van der Waals surface area contributed by atoms with Gasteiger partial charge in [0.05, 0.1) is 17.6 Å². The summed E-state index contributed by atoms with van der Waals surface area (Å²) in [5.74, 6) is -1.69. The lowest BCUT2D eigenvalue weighted by Gasteiger charge is -2.30. The largest absolute Gasteiger partial charge is 0.481 e. The van der Waals surface area contributed by atoms with Crippen molar-refractivity contribution in [2.24, 2.45) is 0 Å². The highest BCUT2D eigenvalue weighted by molar-refractivity contribution is 7.48. The predicted molar refractivity (Wildman–Crippen MR) is 116 cm³/mol. The van der Waals surface area contributed by atoms with Crippen LogP contribution in [0.2, 0.25) is 0 Å². The number of amides is 1. The Morgan fingerprint density at radius 3 is 1.81 bits per heavy atom. The maximum Gasteiger partial charge on any atom is 0.478 e. The van der Waals surface area contributed by atoms with E-state index in [9.17, 15) is 18.9 Å². The molecule has 12 heteroatoms. The second kappa shape index (κ2) is 12.0. The Morgan fingerprint density at radius 2 is 1.41 bits per heavy atom. The van der Waals surface area contributed by atoms with Crippen LogP contribution in [0.4, 0.5) is 4.79 Å². The Labute approximate surface area is 190 Å². The molecular weight excluding hydrogens is 445 g/mol. The van der Waals surface area contributed by atoms with Crippen molar-refractivity contribution in [2.45, 2.75) is 104 Å². The van der Waals surface area contributed by atoms with Crippen LogP contribution in [0.25, 0.3) is 0 Å². The smallest absolute Gasteiger partial charge is 0.478 e. The molecule has 0 bridgehead atoms. The summed E-state index contributed by atoms with van der Waals surface area (Å²) >= 11 is 0. The second-order valence-electron chi connectivity index (χ2n) is 10.1. The monoisotopic (exact) mass is 483 g/mol. The number of carbonyl (C=O) groups excluding carboxylic acids is 2. The van der Waals surface area contributed by atoms with Gasteiger partial charge in [-0.1, -0.05) is 0 Å². The molecule has 0 heterocycles. The van der Waals surface area contributed by atoms with Gasteiger partial charge in [-0.15, -0.1) is 0 Å². The minimum absolute atomic E-state index is 0.0245. The zero-order valence-electron chi connectivity index (χ0n) is 20.5. The van der Waals surface area contributed by atoms with Crippen molar-refractivity contribution in [1.82, 2.24) is 5.32 Å². The molecule has 11 nitrogen and oxygen atoms in total. The van der Waals surface area contributed by atoms with E-state index in [1.807, 2.05) is 0 Å². The van der Waals surface area contributed by atoms with Gasteiger partial charge >= 0.3 is 25.9 Å². The molecule has 0 radical (unpaired) electrons. The predicted octanol–water partition coefficient (Wildman–Crippen LogP) is 4.39. The number of hydrogen-bond donors (Lipinski definition) is 2. The summed E-state index contributed by atoms with van der Waals surface area (Å²) in [5.41, 5.74) is -2.46. The fourth-order valence-corrected chi connectivity index (χ4v) is 3.87. The highest BCUT2D eigenvalue weighted by Crippen LogP contribution is 2.55. The Morgan fingerprint density at radius 1 is 0.906 bits per heavy atom. The minimum atomic E-state index is -4.08. The molecule has 0 aromatic carbocycles. The van der Waals surface area contributed by atoms with Crippen LogP contribution in [0.5, 0.6) is 0 Å². The molecule has 1 unspecified atom stereocenters. The topological polar surface area (TPSA) is 147 Å². The molecule has 188 valence electrons. The molecule has 0 aliphatic heterocycles. The lowest BCUT2D eigenvalue weighted by atomic mass is 10.1. The molecule has 0 saturated carbocycles. The summed E-state index contributed by atoms with van der Waals surface area (Å²) in [7, 11) is -4.08. The molecule has 0 fully saturated rings. The normalized spacial score (nSPS) is 13.9. The number of phosphoric acid groups is 1. The Hall–Kier alpha value is -1.68. The van der Waals surface area contributed by atoms with Gasteiger partial charge < -0.3 is 19.9 Å². The number of carboxylic acids is 1. The number of carbonyl (C=O) groups is 3. The van der Waals surface area contributed by atoms with Gasteiger partial charge in [0, 0.05) is 12.5 Å². The lowest BCUT2D eigenvalue weighted by molar-refractivity contribution is -0.155. The van der Waals surface area contributed by atoms with E-state index in [1.54, 1.807) is 62.3 Å². The van der Waals surface area contributed by atoms with E-state index >= 15 is 0 Å². The molecule has 0 aromatic heterocycles. The molecule has 0 aliphatic rings. The summed E-state index contributed by atoms with van der Waals surface area (Å²) < 4.78 is 38.9. The third kappa shape index (κ3) is 16.9. The van der Waals surface area contributed by atoms with Crippen LogP contribution in [-0.4, -0.2) is 52.8 Å². The fraction of sp³-hybridized carbons (Fsp3) is 0.850. The van der Waals surface area contributed by atoms with E-state index in [0.29, 0.717) is 0 Å². The van der Waals surface area contributed by atoms with Crippen LogP contribution in [-0.2, 0) is 37.2 Å². The van der Waals surface area contributed by atoms with Crippen LogP contribution < -0.4 is 5.32 Å². The van der Waals surface area contributed by atoms with Crippen molar-refractivity contribution >= 4 is 25.9 Å². The van der Waals surface area contributed by atoms with E-state index in [4.69, 9.17) is 28.2 Å². The quantitative estimate of drug-likeness (QED) is 0.246. The van der Waals surface area contributed by atoms with Gasteiger partial charge in [0.1, 0.15) is 5.60 Å². The van der Waals surface area contributed by atoms with Crippen molar-refractivity contribution in [3.63, 3.8) is 0 Å². The first-order valence-corrected chi connectivity index (χ1v) is 11.7. The van der Waals surface area contributed by atoms with E-state index in [1.165, 1.54) is 0 Å². The Kier molecular flexibility index (Phi) is 11.3. The third-order valence-electron chi connectivity index (χ3n) is 3.03. The van der Waals surface area contributed by atoms with Gasteiger partial charge in [0.2, 0.25) is 6.79 Å². The Balaban J connectivity index is 4.98. The molecule has 0 aliphatic carbocycles. The number of aliphatic carboxylic acids is 1. The number of rotatable bonds is 11. The van der Waals surface area contributed by atoms with E-state index in [0.717, 1.165) is 0 Å². The van der Waals surface area contributed by atoms with Gasteiger partial charge in [-0.25, -0.2) is 13.9 Å². The average Bonchev–Trinajstić information content (AvgIpc) is 2.46. The van der Waals surface area contributed by atoms with Gasteiger partial charge in [0.15, 0.2) is 0 Å². The SMILES string of the molecule is CC(C)(C)OC(=O)CC(CCC(=O)O)NC(=O)OCOP(=O)(OC(C)(C)C)OC(C)(C)C. The summed E-state index contributed by atoms with van der Waals surface area (Å²) in [6, 6.07) is -0.850. The summed E-state index contributed by atoms with van der Waals surface area (Å²) in [5, 5.41) is 11.3.